The molecule has 6 heteroatoms. The number of nitrogens with one attached hydrogen (secondary N) is 1. The first kappa shape index (κ1) is 13.6. The van der Waals surface area contributed by atoms with E-state index in [9.17, 15) is 9.59 Å². The monoisotopic (exact) mass is 288 g/mol. The van der Waals surface area contributed by atoms with Crippen molar-refractivity contribution in [2.24, 2.45) is 10.9 Å². The molecule has 2 aliphatic heterocycles. The van der Waals surface area contributed by atoms with Crippen LogP contribution in [0.4, 0.5) is 5.69 Å². The third-order valence-electron chi connectivity index (χ3n) is 3.51. The zero-order valence-electron chi connectivity index (χ0n) is 11.7. The van der Waals surface area contributed by atoms with Crippen LogP contribution in [0.15, 0.2) is 23.2 Å². The van der Waals surface area contributed by atoms with Crippen LogP contribution in [-0.2, 0) is 20.7 Å². The number of nitrogens with zero attached hydrogens (tertiary/aromatic N) is 1. The Hall–Kier alpha value is -2.37. The van der Waals surface area contributed by atoms with Gasteiger partial charge in [-0.3, -0.25) is 4.79 Å². The molecule has 0 bridgehead atoms. The molecule has 1 unspecified atom stereocenters. The van der Waals surface area contributed by atoms with Crippen LogP contribution < -0.4 is 10.1 Å². The minimum absolute atomic E-state index is 0.0188. The van der Waals surface area contributed by atoms with E-state index in [1.807, 2.05) is 12.1 Å². The van der Waals surface area contributed by atoms with Gasteiger partial charge in [-0.05, 0) is 37.1 Å². The summed E-state index contributed by atoms with van der Waals surface area (Å²) in [6.45, 7) is 1.99. The fourth-order valence-corrected chi connectivity index (χ4v) is 2.57. The molecule has 1 amide bonds. The number of hydrogen-bond donors (Lipinski definition) is 1. The first-order chi connectivity index (χ1) is 10.2. The van der Waals surface area contributed by atoms with Crippen molar-refractivity contribution in [1.82, 2.24) is 5.32 Å². The second-order valence-corrected chi connectivity index (χ2v) is 5.03. The highest BCUT2D eigenvalue weighted by atomic mass is 16.6. The third kappa shape index (κ3) is 2.89. The molecule has 2 heterocycles. The number of aliphatic imine (C=N–C) groups is 1. The zero-order valence-corrected chi connectivity index (χ0v) is 11.7. The number of ether oxygens (including phenoxy) is 2. The van der Waals surface area contributed by atoms with Crippen molar-refractivity contribution in [3.63, 3.8) is 0 Å². The summed E-state index contributed by atoms with van der Waals surface area (Å²) >= 11 is 0. The Bertz CT molecular complexity index is 624. The van der Waals surface area contributed by atoms with Crippen LogP contribution in [0.25, 0.3) is 0 Å². The average molecular weight is 288 g/mol. The summed E-state index contributed by atoms with van der Waals surface area (Å²) in [6.07, 6.45) is 1.23. The zero-order chi connectivity index (χ0) is 14.8. The summed E-state index contributed by atoms with van der Waals surface area (Å²) in [5, 5.41) is 2.78. The topological polar surface area (TPSA) is 77.0 Å². The number of esters is 1. The number of carbonyl (C=O) groups excluding carboxylic acids is 2. The quantitative estimate of drug-likeness (QED) is 0.848. The fraction of sp³-hybridized carbons (Fsp3) is 0.400. The van der Waals surface area contributed by atoms with Crippen LogP contribution in [0.5, 0.6) is 5.75 Å². The van der Waals surface area contributed by atoms with Gasteiger partial charge in [0.1, 0.15) is 11.6 Å². The van der Waals surface area contributed by atoms with E-state index in [0.717, 1.165) is 23.5 Å². The molecular formula is C15H16N2O4. The highest BCUT2D eigenvalue weighted by molar-refractivity contribution is 6.08. The van der Waals surface area contributed by atoms with E-state index >= 15 is 0 Å². The van der Waals surface area contributed by atoms with Crippen LogP contribution >= 0.6 is 0 Å². The summed E-state index contributed by atoms with van der Waals surface area (Å²) in [4.78, 5) is 27.1. The number of rotatable bonds is 4. The molecule has 1 atom stereocenters. The van der Waals surface area contributed by atoms with E-state index < -0.39 is 0 Å². The van der Waals surface area contributed by atoms with Gasteiger partial charge in [-0.25, -0.2) is 9.79 Å². The second-order valence-electron chi connectivity index (χ2n) is 5.03. The van der Waals surface area contributed by atoms with Crippen LogP contribution in [0.2, 0.25) is 0 Å². The van der Waals surface area contributed by atoms with Gasteiger partial charge in [0.2, 0.25) is 5.91 Å². The van der Waals surface area contributed by atoms with Crippen molar-refractivity contribution in [3.8, 4) is 5.75 Å². The van der Waals surface area contributed by atoms with Gasteiger partial charge in [0, 0.05) is 12.3 Å². The molecule has 3 rings (SSSR count). The van der Waals surface area contributed by atoms with E-state index in [2.05, 4.69) is 10.3 Å². The van der Waals surface area contributed by atoms with Crippen molar-refractivity contribution in [3.05, 3.63) is 23.8 Å². The number of carbonyl (C=O) groups is 2. The lowest BCUT2D eigenvalue weighted by Gasteiger charge is -2.18. The maximum absolute atomic E-state index is 11.4. The molecule has 0 saturated carbocycles. The average Bonchev–Trinajstić information content (AvgIpc) is 2.81. The van der Waals surface area contributed by atoms with Crippen molar-refractivity contribution < 1.29 is 19.1 Å². The highest BCUT2D eigenvalue weighted by Gasteiger charge is 2.32. The van der Waals surface area contributed by atoms with Crippen molar-refractivity contribution >= 4 is 23.4 Å². The summed E-state index contributed by atoms with van der Waals surface area (Å²) in [6, 6.07) is 5.47. The molecule has 0 aromatic heterocycles. The van der Waals surface area contributed by atoms with E-state index in [4.69, 9.17) is 9.47 Å². The predicted octanol–water partition coefficient (Wildman–Crippen LogP) is 1.35. The summed E-state index contributed by atoms with van der Waals surface area (Å²) in [7, 11) is 0. The molecule has 1 aromatic rings. The lowest BCUT2D eigenvalue weighted by Crippen LogP contribution is -2.25. The van der Waals surface area contributed by atoms with Gasteiger partial charge in [-0.2, -0.15) is 0 Å². The molecule has 110 valence electrons. The Morgan fingerprint density at radius 3 is 3.10 bits per heavy atom. The second kappa shape index (κ2) is 5.55. The summed E-state index contributed by atoms with van der Waals surface area (Å²) in [5.74, 6) is 1.13. The Kier molecular flexibility index (Phi) is 3.60. The van der Waals surface area contributed by atoms with Gasteiger partial charge in [0.15, 0.2) is 6.61 Å². The maximum Gasteiger partial charge on any atom is 0.344 e. The number of amidine groups is 1. The molecule has 6 nitrogen and oxygen atoms in total. The normalized spacial score (nSPS) is 19.2. The van der Waals surface area contributed by atoms with Crippen molar-refractivity contribution in [2.75, 3.05) is 13.2 Å². The summed E-state index contributed by atoms with van der Waals surface area (Å²) < 4.78 is 10.2. The third-order valence-corrected chi connectivity index (χ3v) is 3.51. The largest absolute Gasteiger partial charge is 0.482 e. The lowest BCUT2D eigenvalue weighted by molar-refractivity contribution is -0.145. The Morgan fingerprint density at radius 1 is 1.43 bits per heavy atom. The van der Waals surface area contributed by atoms with Crippen molar-refractivity contribution in [1.29, 1.82) is 0 Å². The van der Waals surface area contributed by atoms with E-state index in [1.165, 1.54) is 0 Å². The molecule has 0 spiro atoms. The molecule has 2 aliphatic rings. The van der Waals surface area contributed by atoms with Crippen molar-refractivity contribution in [2.45, 2.75) is 19.8 Å². The van der Waals surface area contributed by atoms with Gasteiger partial charge >= 0.3 is 5.97 Å². The fourth-order valence-electron chi connectivity index (χ4n) is 2.57. The number of amides is 1. The van der Waals surface area contributed by atoms with E-state index in [0.29, 0.717) is 18.8 Å². The van der Waals surface area contributed by atoms with Crippen LogP contribution in [-0.4, -0.2) is 30.9 Å². The number of hydrogen-bond acceptors (Lipinski definition) is 5. The maximum atomic E-state index is 11.4. The smallest absolute Gasteiger partial charge is 0.344 e. The first-order valence-electron chi connectivity index (χ1n) is 6.95. The molecule has 1 fully saturated rings. The molecule has 1 aromatic carbocycles. The predicted molar refractivity (Wildman–Crippen MR) is 75.6 cm³/mol. The minimum Gasteiger partial charge on any atom is -0.482 e. The first-order valence-corrected chi connectivity index (χ1v) is 6.95. The molecule has 1 saturated heterocycles. The highest BCUT2D eigenvalue weighted by Crippen LogP contribution is 2.34. The van der Waals surface area contributed by atoms with Gasteiger partial charge in [-0.1, -0.05) is 0 Å². The lowest BCUT2D eigenvalue weighted by atomic mass is 9.93. The van der Waals surface area contributed by atoms with Crippen LogP contribution in [0.3, 0.4) is 0 Å². The molecule has 1 N–H and O–H groups in total. The van der Waals surface area contributed by atoms with E-state index in [1.54, 1.807) is 13.0 Å². The SMILES string of the molecule is CCOC(=O)COc1ccc2c(c1)CC1CC(=O)NC1=N2. The Morgan fingerprint density at radius 2 is 2.29 bits per heavy atom. The van der Waals surface area contributed by atoms with Gasteiger partial charge in [0.05, 0.1) is 12.3 Å². The summed E-state index contributed by atoms with van der Waals surface area (Å²) in [5.41, 5.74) is 1.87. The molecule has 0 radical (unpaired) electrons. The van der Waals surface area contributed by atoms with Crippen LogP contribution in [0.1, 0.15) is 18.9 Å². The molecule has 0 aliphatic carbocycles. The van der Waals surface area contributed by atoms with Gasteiger partial charge in [-0.15, -0.1) is 0 Å². The Labute approximate surface area is 122 Å². The van der Waals surface area contributed by atoms with Gasteiger partial charge < -0.3 is 14.8 Å². The molecule has 21 heavy (non-hydrogen) atoms. The van der Waals surface area contributed by atoms with Crippen LogP contribution in [0, 0.1) is 5.92 Å². The molecular weight excluding hydrogens is 272 g/mol. The standard InChI is InChI=1S/C15H16N2O4/c1-2-20-14(19)8-21-11-3-4-12-9(6-11)5-10-7-13(18)17-15(10)16-12/h3-4,6,10H,2,5,7-8H2,1H3,(H,16,17,18). The number of fused-ring (bicyclic) bond motifs is 2. The van der Waals surface area contributed by atoms with E-state index in [-0.39, 0.29) is 24.4 Å². The minimum atomic E-state index is -0.388. The van der Waals surface area contributed by atoms with Gasteiger partial charge in [0.25, 0.3) is 0 Å². The Balaban J connectivity index is 1.71. The number of benzene rings is 1.